The van der Waals surface area contributed by atoms with E-state index in [1.807, 2.05) is 0 Å². The average Bonchev–Trinajstić information content (AvgIpc) is 2.90. The summed E-state index contributed by atoms with van der Waals surface area (Å²) < 4.78 is 25.7. The smallest absolute Gasteiger partial charge is 0.254 e. The summed E-state index contributed by atoms with van der Waals surface area (Å²) >= 11 is 3.18. The van der Waals surface area contributed by atoms with E-state index in [4.69, 9.17) is 9.47 Å². The number of nitrogens with one attached hydrogen (secondary N) is 1. The Morgan fingerprint density at radius 2 is 1.95 bits per heavy atom. The molecule has 1 spiro atoms. The average molecular weight is 358 g/mol. The van der Waals surface area contributed by atoms with Crippen LogP contribution in [-0.2, 0) is 9.47 Å². The third-order valence-electron chi connectivity index (χ3n) is 4.07. The second kappa shape index (κ2) is 6.02. The molecule has 114 valence electrons. The number of halogens is 2. The van der Waals surface area contributed by atoms with Crippen LogP contribution in [0.1, 0.15) is 36.0 Å². The molecule has 0 bridgehead atoms. The number of rotatable bonds is 2. The molecule has 4 nitrogen and oxygen atoms in total. The first kappa shape index (κ1) is 14.9. The van der Waals surface area contributed by atoms with Crippen molar-refractivity contribution in [2.24, 2.45) is 0 Å². The number of hydrogen-bond acceptors (Lipinski definition) is 3. The highest BCUT2D eigenvalue weighted by Crippen LogP contribution is 2.35. The predicted octanol–water partition coefficient (Wildman–Crippen LogP) is 3.00. The summed E-state index contributed by atoms with van der Waals surface area (Å²) in [7, 11) is 0. The minimum Gasteiger partial charge on any atom is -0.349 e. The van der Waals surface area contributed by atoms with E-state index in [2.05, 4.69) is 21.2 Å². The predicted molar refractivity (Wildman–Crippen MR) is 78.5 cm³/mol. The zero-order valence-corrected chi connectivity index (χ0v) is 13.1. The van der Waals surface area contributed by atoms with E-state index in [9.17, 15) is 9.18 Å². The van der Waals surface area contributed by atoms with Crippen molar-refractivity contribution < 1.29 is 18.7 Å². The number of carbonyl (C=O) groups is 1. The van der Waals surface area contributed by atoms with Crippen LogP contribution in [0.3, 0.4) is 0 Å². The molecule has 6 heteroatoms. The second-order valence-electron chi connectivity index (χ2n) is 5.48. The number of carbonyl (C=O) groups excluding carboxylic acids is 1. The molecule has 1 N–H and O–H groups in total. The summed E-state index contributed by atoms with van der Waals surface area (Å²) in [6.07, 6.45) is 3.09. The van der Waals surface area contributed by atoms with Crippen molar-refractivity contribution in [3.05, 3.63) is 34.1 Å². The summed E-state index contributed by atoms with van der Waals surface area (Å²) in [5.41, 5.74) is 0.0758. The minimum absolute atomic E-state index is 0.0407. The van der Waals surface area contributed by atoms with E-state index in [1.54, 1.807) is 6.07 Å². The van der Waals surface area contributed by atoms with Gasteiger partial charge in [-0.2, -0.15) is 0 Å². The fraction of sp³-hybridized carbons (Fsp3) is 0.533. The van der Waals surface area contributed by atoms with Gasteiger partial charge in [0.2, 0.25) is 0 Å². The van der Waals surface area contributed by atoms with Crippen molar-refractivity contribution >= 4 is 21.8 Å². The first-order valence-electron chi connectivity index (χ1n) is 7.12. The van der Waals surface area contributed by atoms with E-state index in [0.717, 1.165) is 25.7 Å². The lowest BCUT2D eigenvalue weighted by Gasteiger charge is -2.35. The first-order valence-corrected chi connectivity index (χ1v) is 7.91. The van der Waals surface area contributed by atoms with Crippen LogP contribution in [0.2, 0.25) is 0 Å². The molecule has 1 aromatic rings. The van der Waals surface area contributed by atoms with Gasteiger partial charge in [0.05, 0.1) is 18.8 Å². The molecule has 2 fully saturated rings. The molecule has 0 aromatic heterocycles. The molecule has 1 amide bonds. The van der Waals surface area contributed by atoms with Crippen molar-refractivity contribution in [3.8, 4) is 0 Å². The third kappa shape index (κ3) is 3.27. The molecule has 0 unspecified atom stereocenters. The molecule has 1 aliphatic heterocycles. The Labute approximate surface area is 131 Å². The zero-order valence-electron chi connectivity index (χ0n) is 11.5. The summed E-state index contributed by atoms with van der Waals surface area (Å²) in [5.74, 6) is -1.32. The molecule has 3 rings (SSSR count). The Morgan fingerprint density at radius 1 is 1.29 bits per heavy atom. The number of benzene rings is 1. The molecule has 1 heterocycles. The van der Waals surface area contributed by atoms with Gasteiger partial charge < -0.3 is 14.8 Å². The van der Waals surface area contributed by atoms with Gasteiger partial charge >= 0.3 is 0 Å². The van der Waals surface area contributed by atoms with Crippen LogP contribution in [-0.4, -0.2) is 30.9 Å². The normalized spacial score (nSPS) is 21.6. The summed E-state index contributed by atoms with van der Waals surface area (Å²) in [5, 5.41) is 2.90. The van der Waals surface area contributed by atoms with Crippen LogP contribution >= 0.6 is 15.9 Å². The number of amides is 1. The van der Waals surface area contributed by atoms with E-state index < -0.39 is 11.6 Å². The Kier molecular flexibility index (Phi) is 4.28. The lowest BCUT2D eigenvalue weighted by molar-refractivity contribution is -0.179. The highest BCUT2D eigenvalue weighted by atomic mass is 79.9. The van der Waals surface area contributed by atoms with Gasteiger partial charge in [0, 0.05) is 23.4 Å². The minimum atomic E-state index is -0.517. The molecule has 1 aromatic carbocycles. The molecule has 1 saturated carbocycles. The van der Waals surface area contributed by atoms with Gasteiger partial charge in [0.25, 0.3) is 5.91 Å². The first-order chi connectivity index (χ1) is 10.1. The number of ether oxygens (including phenoxy) is 2. The van der Waals surface area contributed by atoms with Gasteiger partial charge in [-0.3, -0.25) is 4.79 Å². The fourth-order valence-corrected chi connectivity index (χ4v) is 3.26. The molecule has 1 saturated heterocycles. The van der Waals surface area contributed by atoms with E-state index in [-0.39, 0.29) is 17.5 Å². The molecule has 1 aliphatic carbocycles. The maximum absolute atomic E-state index is 13.8. The monoisotopic (exact) mass is 357 g/mol. The Hall–Kier alpha value is -0.980. The maximum atomic E-state index is 13.8. The van der Waals surface area contributed by atoms with Gasteiger partial charge in [-0.25, -0.2) is 4.39 Å². The lowest BCUT2D eigenvalue weighted by Crippen LogP contribution is -2.44. The van der Waals surface area contributed by atoms with Gasteiger partial charge in [-0.1, -0.05) is 15.9 Å². The zero-order chi connectivity index (χ0) is 14.9. The van der Waals surface area contributed by atoms with Crippen LogP contribution in [0.4, 0.5) is 4.39 Å². The Morgan fingerprint density at radius 3 is 2.57 bits per heavy atom. The van der Waals surface area contributed by atoms with Crippen molar-refractivity contribution in [1.82, 2.24) is 5.32 Å². The van der Waals surface area contributed by atoms with Gasteiger partial charge in [0.15, 0.2) is 5.79 Å². The van der Waals surface area contributed by atoms with E-state index in [1.165, 1.54) is 12.1 Å². The molecule has 2 aliphatic rings. The van der Waals surface area contributed by atoms with E-state index in [0.29, 0.717) is 17.7 Å². The highest BCUT2D eigenvalue weighted by molar-refractivity contribution is 9.10. The number of hydrogen-bond donors (Lipinski definition) is 1. The maximum Gasteiger partial charge on any atom is 0.254 e. The largest absolute Gasteiger partial charge is 0.349 e. The van der Waals surface area contributed by atoms with Gasteiger partial charge in [0.1, 0.15) is 5.82 Å². The van der Waals surface area contributed by atoms with E-state index >= 15 is 0 Å². The molecular formula is C15H17BrFNO3. The molecular weight excluding hydrogens is 341 g/mol. The Bertz CT molecular complexity index is 536. The van der Waals surface area contributed by atoms with Crippen molar-refractivity contribution in [1.29, 1.82) is 0 Å². The summed E-state index contributed by atoms with van der Waals surface area (Å²) in [4.78, 5) is 12.1. The van der Waals surface area contributed by atoms with Gasteiger partial charge in [-0.15, -0.1) is 0 Å². The van der Waals surface area contributed by atoms with Crippen molar-refractivity contribution in [2.75, 3.05) is 13.2 Å². The van der Waals surface area contributed by atoms with Crippen LogP contribution < -0.4 is 5.32 Å². The fourth-order valence-electron chi connectivity index (χ4n) is 2.92. The van der Waals surface area contributed by atoms with Crippen LogP contribution in [0.15, 0.2) is 22.7 Å². The SMILES string of the molecule is O=C(NC1CCC2(CC1)OCCO2)c1ccc(Br)cc1F. The van der Waals surface area contributed by atoms with Crippen LogP contribution in [0.25, 0.3) is 0 Å². The van der Waals surface area contributed by atoms with Crippen molar-refractivity contribution in [2.45, 2.75) is 37.5 Å². The topological polar surface area (TPSA) is 47.6 Å². The summed E-state index contributed by atoms with van der Waals surface area (Å²) in [6, 6.07) is 4.49. The Balaban J connectivity index is 1.58. The molecule has 0 atom stereocenters. The lowest BCUT2D eigenvalue weighted by atomic mass is 9.90. The molecule has 0 radical (unpaired) electrons. The summed E-state index contributed by atoms with van der Waals surface area (Å²) in [6.45, 7) is 1.28. The van der Waals surface area contributed by atoms with Crippen LogP contribution in [0.5, 0.6) is 0 Å². The van der Waals surface area contributed by atoms with Crippen LogP contribution in [0, 0.1) is 5.82 Å². The van der Waals surface area contributed by atoms with Gasteiger partial charge in [-0.05, 0) is 31.0 Å². The quantitative estimate of drug-likeness (QED) is 0.884. The molecule has 21 heavy (non-hydrogen) atoms. The second-order valence-corrected chi connectivity index (χ2v) is 6.40. The standard InChI is InChI=1S/C15H17BrFNO3/c16-10-1-2-12(13(17)9-10)14(19)18-11-3-5-15(6-4-11)20-7-8-21-15/h1-2,9,11H,3-8H2,(H,18,19). The van der Waals surface area contributed by atoms with Crippen molar-refractivity contribution in [3.63, 3.8) is 0 Å². The third-order valence-corrected chi connectivity index (χ3v) is 4.57. The highest BCUT2D eigenvalue weighted by Gasteiger charge is 2.40.